The lowest BCUT2D eigenvalue weighted by Crippen LogP contribution is -2.43. The summed E-state index contributed by atoms with van der Waals surface area (Å²) in [6.45, 7) is 2.59. The molecular formula is C18H28N4O2S. The average Bonchev–Trinajstić information content (AvgIpc) is 2.96. The normalized spacial score (nSPS) is 20.6. The van der Waals surface area contributed by atoms with Crippen LogP contribution in [0.2, 0.25) is 0 Å². The summed E-state index contributed by atoms with van der Waals surface area (Å²) >= 11 is 1.59. The van der Waals surface area contributed by atoms with Crippen molar-refractivity contribution in [2.75, 3.05) is 11.9 Å². The molecule has 2 aliphatic rings. The topological polar surface area (TPSA) is 83.1 Å². The first-order chi connectivity index (χ1) is 12.1. The second-order valence-corrected chi connectivity index (χ2v) is 8.35. The molecule has 1 aromatic heterocycles. The fraction of sp³-hybridized carbons (Fsp3) is 0.722. The molecule has 25 heavy (non-hydrogen) atoms. The number of urea groups is 1. The fourth-order valence-electron chi connectivity index (χ4n) is 3.55. The molecule has 0 bridgehead atoms. The summed E-state index contributed by atoms with van der Waals surface area (Å²) in [7, 11) is 0. The van der Waals surface area contributed by atoms with Gasteiger partial charge in [0.15, 0.2) is 5.13 Å². The molecule has 2 aliphatic carbocycles. The van der Waals surface area contributed by atoms with Gasteiger partial charge in [0.25, 0.3) is 0 Å². The number of carbonyl (C=O) groups is 2. The van der Waals surface area contributed by atoms with Gasteiger partial charge in [0.05, 0.1) is 5.69 Å². The molecule has 0 radical (unpaired) electrons. The molecule has 1 heterocycles. The Labute approximate surface area is 153 Å². The van der Waals surface area contributed by atoms with Crippen molar-refractivity contribution in [2.45, 2.75) is 70.8 Å². The molecule has 3 rings (SSSR count). The predicted molar refractivity (Wildman–Crippen MR) is 100.0 cm³/mol. The van der Waals surface area contributed by atoms with Crippen LogP contribution in [0.1, 0.15) is 62.4 Å². The number of hydrogen-bond donors (Lipinski definition) is 3. The van der Waals surface area contributed by atoms with Gasteiger partial charge in [0.1, 0.15) is 0 Å². The largest absolute Gasteiger partial charge is 0.338 e. The molecule has 1 atom stereocenters. The Bertz CT molecular complexity index is 610. The van der Waals surface area contributed by atoms with Gasteiger partial charge in [-0.05, 0) is 38.0 Å². The van der Waals surface area contributed by atoms with E-state index in [1.165, 1.54) is 30.6 Å². The van der Waals surface area contributed by atoms with Crippen LogP contribution in [0, 0.1) is 5.92 Å². The van der Waals surface area contributed by atoms with Gasteiger partial charge < -0.3 is 16.0 Å². The number of nitrogens with one attached hydrogen (secondary N) is 3. The monoisotopic (exact) mass is 364 g/mol. The Morgan fingerprint density at radius 1 is 1.20 bits per heavy atom. The number of aryl methyl sites for hydroxylation is 1. The van der Waals surface area contributed by atoms with E-state index >= 15 is 0 Å². The average molecular weight is 365 g/mol. The molecule has 3 amide bonds. The van der Waals surface area contributed by atoms with Gasteiger partial charge in [0, 0.05) is 23.9 Å². The van der Waals surface area contributed by atoms with Gasteiger partial charge in [-0.25, -0.2) is 9.78 Å². The molecular weight excluding hydrogens is 336 g/mol. The van der Waals surface area contributed by atoms with Gasteiger partial charge >= 0.3 is 6.03 Å². The number of rotatable bonds is 5. The second-order valence-electron chi connectivity index (χ2n) is 7.27. The lowest BCUT2D eigenvalue weighted by atomic mass is 9.93. The minimum Gasteiger partial charge on any atom is -0.338 e. The van der Waals surface area contributed by atoms with Crippen molar-refractivity contribution in [2.24, 2.45) is 5.92 Å². The van der Waals surface area contributed by atoms with E-state index < -0.39 is 0 Å². The van der Waals surface area contributed by atoms with Crippen molar-refractivity contribution in [1.82, 2.24) is 15.6 Å². The first-order valence-electron chi connectivity index (χ1n) is 9.43. The SMILES string of the molecule is CC1CCc2nc(NC(=O)CCNC(=O)NC3CCCCC3)sc2C1. The van der Waals surface area contributed by atoms with Gasteiger partial charge in [-0.3, -0.25) is 4.79 Å². The van der Waals surface area contributed by atoms with E-state index in [4.69, 9.17) is 0 Å². The number of amides is 3. The molecule has 7 heteroatoms. The van der Waals surface area contributed by atoms with E-state index in [-0.39, 0.29) is 24.4 Å². The standard InChI is InChI=1S/C18H28N4O2S/c1-12-7-8-14-15(11-12)25-18(21-14)22-16(23)9-10-19-17(24)20-13-5-3-2-4-6-13/h12-13H,2-11H2,1H3,(H2,19,20,24)(H,21,22,23). The summed E-state index contributed by atoms with van der Waals surface area (Å²) in [5.74, 6) is 0.598. The van der Waals surface area contributed by atoms with Crippen molar-refractivity contribution in [1.29, 1.82) is 0 Å². The first-order valence-corrected chi connectivity index (χ1v) is 10.2. The molecule has 0 aliphatic heterocycles. The maximum Gasteiger partial charge on any atom is 0.315 e. The maximum absolute atomic E-state index is 12.0. The molecule has 1 fully saturated rings. The zero-order valence-electron chi connectivity index (χ0n) is 14.9. The third kappa shape index (κ3) is 5.42. The fourth-order valence-corrected chi connectivity index (χ4v) is 4.74. The second kappa shape index (κ2) is 8.65. The zero-order valence-corrected chi connectivity index (χ0v) is 15.7. The number of carbonyl (C=O) groups excluding carboxylic acids is 2. The lowest BCUT2D eigenvalue weighted by molar-refractivity contribution is -0.116. The van der Waals surface area contributed by atoms with Crippen LogP contribution >= 0.6 is 11.3 Å². The van der Waals surface area contributed by atoms with Crippen molar-refractivity contribution in [3.8, 4) is 0 Å². The summed E-state index contributed by atoms with van der Waals surface area (Å²) < 4.78 is 0. The minimum atomic E-state index is -0.168. The predicted octanol–water partition coefficient (Wildman–Crippen LogP) is 3.23. The van der Waals surface area contributed by atoms with Crippen LogP contribution < -0.4 is 16.0 Å². The highest BCUT2D eigenvalue weighted by Gasteiger charge is 2.20. The van der Waals surface area contributed by atoms with Crippen molar-refractivity contribution in [3.05, 3.63) is 10.6 Å². The maximum atomic E-state index is 12.0. The summed E-state index contributed by atoms with van der Waals surface area (Å²) in [5, 5.41) is 9.32. The Hall–Kier alpha value is -1.63. The van der Waals surface area contributed by atoms with Gasteiger partial charge in [0.2, 0.25) is 5.91 Å². The highest BCUT2D eigenvalue weighted by Crippen LogP contribution is 2.32. The molecule has 6 nitrogen and oxygen atoms in total. The molecule has 0 spiro atoms. The smallest absolute Gasteiger partial charge is 0.315 e. The number of thiazole rings is 1. The van der Waals surface area contributed by atoms with E-state index in [1.807, 2.05) is 0 Å². The Kier molecular flexibility index (Phi) is 6.29. The quantitative estimate of drug-likeness (QED) is 0.750. The molecule has 0 saturated heterocycles. The van der Waals surface area contributed by atoms with E-state index in [2.05, 4.69) is 27.9 Å². The van der Waals surface area contributed by atoms with E-state index in [0.717, 1.165) is 31.4 Å². The van der Waals surface area contributed by atoms with Gasteiger partial charge in [-0.2, -0.15) is 0 Å². The summed E-state index contributed by atoms with van der Waals surface area (Å²) in [6.07, 6.45) is 9.25. The van der Waals surface area contributed by atoms with Gasteiger partial charge in [-0.1, -0.05) is 26.2 Å². The minimum absolute atomic E-state index is 0.0999. The number of fused-ring (bicyclic) bond motifs is 1. The van der Waals surface area contributed by atoms with Crippen LogP contribution in [0.3, 0.4) is 0 Å². The number of hydrogen-bond acceptors (Lipinski definition) is 4. The molecule has 0 aromatic carbocycles. The highest BCUT2D eigenvalue weighted by atomic mass is 32.1. The van der Waals surface area contributed by atoms with Crippen LogP contribution in [0.25, 0.3) is 0 Å². The summed E-state index contributed by atoms with van der Waals surface area (Å²) in [6, 6.07) is 0.116. The van der Waals surface area contributed by atoms with Crippen molar-refractivity contribution >= 4 is 28.4 Å². The molecule has 138 valence electrons. The lowest BCUT2D eigenvalue weighted by Gasteiger charge is -2.22. The van der Waals surface area contributed by atoms with E-state index in [0.29, 0.717) is 17.6 Å². The van der Waals surface area contributed by atoms with Crippen LogP contribution in [-0.2, 0) is 17.6 Å². The van der Waals surface area contributed by atoms with Crippen molar-refractivity contribution < 1.29 is 9.59 Å². The Balaban J connectivity index is 1.36. The zero-order chi connectivity index (χ0) is 17.6. The molecule has 1 aromatic rings. The third-order valence-corrected chi connectivity index (χ3v) is 6.05. The molecule has 3 N–H and O–H groups in total. The first kappa shape index (κ1) is 18.2. The van der Waals surface area contributed by atoms with Crippen LogP contribution in [0.5, 0.6) is 0 Å². The summed E-state index contributed by atoms with van der Waals surface area (Å²) in [4.78, 5) is 29.7. The van der Waals surface area contributed by atoms with E-state index in [1.54, 1.807) is 11.3 Å². The van der Waals surface area contributed by atoms with Crippen LogP contribution in [-0.4, -0.2) is 29.5 Å². The van der Waals surface area contributed by atoms with Crippen LogP contribution in [0.15, 0.2) is 0 Å². The highest BCUT2D eigenvalue weighted by molar-refractivity contribution is 7.15. The summed E-state index contributed by atoms with van der Waals surface area (Å²) in [5.41, 5.74) is 1.14. The van der Waals surface area contributed by atoms with Crippen molar-refractivity contribution in [3.63, 3.8) is 0 Å². The third-order valence-electron chi connectivity index (χ3n) is 5.01. The van der Waals surface area contributed by atoms with E-state index in [9.17, 15) is 9.59 Å². The number of nitrogens with zero attached hydrogens (tertiary/aromatic N) is 1. The number of aromatic nitrogens is 1. The Morgan fingerprint density at radius 3 is 2.80 bits per heavy atom. The molecule has 1 saturated carbocycles. The van der Waals surface area contributed by atoms with Crippen LogP contribution in [0.4, 0.5) is 9.93 Å². The molecule has 1 unspecified atom stereocenters. The Morgan fingerprint density at radius 2 is 2.00 bits per heavy atom. The van der Waals surface area contributed by atoms with Gasteiger partial charge in [-0.15, -0.1) is 11.3 Å². The number of anilines is 1.